The highest BCUT2D eigenvalue weighted by molar-refractivity contribution is 9.11. The lowest BCUT2D eigenvalue weighted by atomic mass is 10.0. The highest BCUT2D eigenvalue weighted by Crippen LogP contribution is 2.38. The average molecular weight is 761 g/mol. The minimum atomic E-state index is -0.544. The van der Waals surface area contributed by atoms with Crippen LogP contribution in [-0.4, -0.2) is 30.2 Å². The molecule has 0 bridgehead atoms. The summed E-state index contributed by atoms with van der Waals surface area (Å²) in [5.74, 6) is -0.153. The monoisotopic (exact) mass is 757 g/mol. The number of ether oxygens (including phenoxy) is 2. The van der Waals surface area contributed by atoms with Crippen LogP contribution in [0.1, 0.15) is 26.4 Å². The number of fused-ring (bicyclic) bond motifs is 1. The number of hydrogen-bond donors (Lipinski definition) is 2. The number of amides is 1. The molecule has 2 N–H and O–H groups in total. The first kappa shape index (κ1) is 29.1. The van der Waals surface area contributed by atoms with E-state index in [1.165, 1.54) is 6.21 Å². The minimum Gasteiger partial charge on any atom is -0.497 e. The summed E-state index contributed by atoms with van der Waals surface area (Å²) in [7, 11) is 1.58. The molecular formula is C30H19Br3ClN3O4. The van der Waals surface area contributed by atoms with Gasteiger partial charge in [-0.15, -0.1) is 0 Å². The normalized spacial score (nSPS) is 11.1. The van der Waals surface area contributed by atoms with Gasteiger partial charge in [0, 0.05) is 41.6 Å². The van der Waals surface area contributed by atoms with Gasteiger partial charge in [0.25, 0.3) is 5.91 Å². The number of hydrogen-bond acceptors (Lipinski definition) is 5. The van der Waals surface area contributed by atoms with Crippen LogP contribution >= 0.6 is 59.4 Å². The zero-order valence-corrected chi connectivity index (χ0v) is 26.7. The fourth-order valence-corrected chi connectivity index (χ4v) is 5.98. The topological polar surface area (TPSA) is 92.8 Å². The van der Waals surface area contributed by atoms with Gasteiger partial charge >= 0.3 is 5.97 Å². The Labute approximate surface area is 265 Å². The maximum Gasteiger partial charge on any atom is 0.343 e. The van der Waals surface area contributed by atoms with Crippen LogP contribution in [0.3, 0.4) is 0 Å². The van der Waals surface area contributed by atoms with Crippen LogP contribution in [0.25, 0.3) is 22.0 Å². The van der Waals surface area contributed by atoms with E-state index in [1.807, 2.05) is 30.3 Å². The SMILES string of the molecule is COc1ccc2[nH]c(C(=O)NN=Cc3cc(Br)cc(Br)c3OC(=O)c3ccc(Br)cc3)c(-c3ccccc3Cl)c2c1. The molecular weight excluding hydrogens is 742 g/mol. The number of methoxy groups -OCH3 is 1. The molecule has 0 atom stereocenters. The lowest BCUT2D eigenvalue weighted by Crippen LogP contribution is -2.19. The molecule has 5 aromatic rings. The fraction of sp³-hybridized carbons (Fsp3) is 0.0333. The van der Waals surface area contributed by atoms with E-state index in [0.29, 0.717) is 42.0 Å². The molecule has 11 heteroatoms. The van der Waals surface area contributed by atoms with Crippen molar-refractivity contribution >= 4 is 88.4 Å². The van der Waals surface area contributed by atoms with Gasteiger partial charge in [0.05, 0.1) is 23.4 Å². The molecule has 0 aliphatic rings. The largest absolute Gasteiger partial charge is 0.497 e. The Morgan fingerprint density at radius 2 is 1.71 bits per heavy atom. The highest BCUT2D eigenvalue weighted by atomic mass is 79.9. The van der Waals surface area contributed by atoms with Crippen molar-refractivity contribution < 1.29 is 19.1 Å². The molecule has 4 aromatic carbocycles. The number of hydrazone groups is 1. The molecule has 0 aliphatic carbocycles. The Morgan fingerprint density at radius 1 is 0.951 bits per heavy atom. The molecule has 0 saturated carbocycles. The van der Waals surface area contributed by atoms with E-state index < -0.39 is 11.9 Å². The molecule has 0 radical (unpaired) electrons. The lowest BCUT2D eigenvalue weighted by Gasteiger charge is -2.11. The Balaban J connectivity index is 1.46. The van der Waals surface area contributed by atoms with Crippen LogP contribution < -0.4 is 14.9 Å². The predicted octanol–water partition coefficient (Wildman–Crippen LogP) is 8.77. The van der Waals surface area contributed by atoms with E-state index in [9.17, 15) is 9.59 Å². The quantitative estimate of drug-likeness (QED) is 0.0752. The van der Waals surface area contributed by atoms with E-state index >= 15 is 0 Å². The van der Waals surface area contributed by atoms with Gasteiger partial charge in [-0.25, -0.2) is 10.2 Å². The number of esters is 1. The van der Waals surface area contributed by atoms with Gasteiger partial charge < -0.3 is 14.5 Å². The fourth-order valence-electron chi connectivity index (χ4n) is 4.15. The van der Waals surface area contributed by atoms with E-state index in [0.717, 1.165) is 15.4 Å². The average Bonchev–Trinajstić information content (AvgIpc) is 3.34. The number of nitrogens with zero attached hydrogens (tertiary/aromatic N) is 1. The molecule has 1 aromatic heterocycles. The van der Waals surface area contributed by atoms with Gasteiger partial charge in [-0.3, -0.25) is 4.79 Å². The molecule has 0 unspecified atom stereocenters. The van der Waals surface area contributed by atoms with Gasteiger partial charge in [-0.05, 0) is 76.6 Å². The third-order valence-corrected chi connectivity index (χ3v) is 7.96. The molecule has 0 fully saturated rings. The molecule has 0 spiro atoms. The third kappa shape index (κ3) is 6.41. The first-order chi connectivity index (χ1) is 19.7. The zero-order valence-electron chi connectivity index (χ0n) is 21.2. The molecule has 7 nitrogen and oxygen atoms in total. The summed E-state index contributed by atoms with van der Waals surface area (Å²) in [6.07, 6.45) is 1.40. The second kappa shape index (κ2) is 12.6. The molecule has 41 heavy (non-hydrogen) atoms. The molecule has 5 rings (SSSR count). The number of rotatable bonds is 7. The van der Waals surface area contributed by atoms with Gasteiger partial charge in [0.1, 0.15) is 11.4 Å². The summed E-state index contributed by atoms with van der Waals surface area (Å²) in [5.41, 5.74) is 5.70. The van der Waals surface area contributed by atoms with Crippen molar-refractivity contribution in [1.29, 1.82) is 0 Å². The second-order valence-corrected chi connectivity index (χ2v) is 11.8. The van der Waals surface area contributed by atoms with Crippen LogP contribution in [0.15, 0.2) is 97.4 Å². The van der Waals surface area contributed by atoms with Crippen molar-refractivity contribution in [2.75, 3.05) is 7.11 Å². The summed E-state index contributed by atoms with van der Waals surface area (Å²) < 4.78 is 13.2. The Kier molecular flexibility index (Phi) is 8.94. The Hall–Kier alpha value is -3.44. The highest BCUT2D eigenvalue weighted by Gasteiger charge is 2.21. The van der Waals surface area contributed by atoms with Crippen molar-refractivity contribution in [3.8, 4) is 22.6 Å². The first-order valence-corrected chi connectivity index (χ1v) is 14.8. The van der Waals surface area contributed by atoms with Crippen LogP contribution in [0.2, 0.25) is 5.02 Å². The van der Waals surface area contributed by atoms with Crippen molar-refractivity contribution in [2.24, 2.45) is 5.10 Å². The maximum absolute atomic E-state index is 13.4. The van der Waals surface area contributed by atoms with Gasteiger partial charge in [-0.2, -0.15) is 5.10 Å². The van der Waals surface area contributed by atoms with Crippen molar-refractivity contribution in [3.63, 3.8) is 0 Å². The molecule has 1 heterocycles. The van der Waals surface area contributed by atoms with Crippen molar-refractivity contribution in [1.82, 2.24) is 10.4 Å². The van der Waals surface area contributed by atoms with Gasteiger partial charge in [0.15, 0.2) is 5.75 Å². The number of aromatic nitrogens is 1. The Bertz CT molecular complexity index is 1820. The summed E-state index contributed by atoms with van der Waals surface area (Å²) in [4.78, 5) is 29.4. The number of nitrogens with one attached hydrogen (secondary N) is 2. The van der Waals surface area contributed by atoms with E-state index in [2.05, 4.69) is 63.3 Å². The number of carbonyl (C=O) groups is 2. The zero-order chi connectivity index (χ0) is 29.1. The van der Waals surface area contributed by atoms with E-state index in [4.69, 9.17) is 21.1 Å². The first-order valence-electron chi connectivity index (χ1n) is 12.0. The van der Waals surface area contributed by atoms with Crippen LogP contribution in [-0.2, 0) is 0 Å². The molecule has 0 saturated heterocycles. The number of halogens is 4. The van der Waals surface area contributed by atoms with Crippen LogP contribution in [0.4, 0.5) is 0 Å². The predicted molar refractivity (Wildman–Crippen MR) is 171 cm³/mol. The summed E-state index contributed by atoms with van der Waals surface area (Å²) in [6, 6.07) is 23.0. The van der Waals surface area contributed by atoms with E-state index in [-0.39, 0.29) is 11.4 Å². The summed E-state index contributed by atoms with van der Waals surface area (Å²) in [5, 5.41) is 5.43. The smallest absolute Gasteiger partial charge is 0.343 e. The van der Waals surface area contributed by atoms with Gasteiger partial charge in [-0.1, -0.05) is 61.7 Å². The third-order valence-electron chi connectivity index (χ3n) is 6.06. The van der Waals surface area contributed by atoms with Gasteiger partial charge in [0.2, 0.25) is 0 Å². The summed E-state index contributed by atoms with van der Waals surface area (Å²) >= 11 is 16.8. The number of H-pyrrole nitrogens is 1. The van der Waals surface area contributed by atoms with Crippen molar-refractivity contribution in [3.05, 3.63) is 114 Å². The number of carbonyl (C=O) groups excluding carboxylic acids is 2. The lowest BCUT2D eigenvalue weighted by molar-refractivity contribution is 0.0732. The molecule has 1 amide bonds. The second-order valence-electron chi connectivity index (χ2n) is 8.67. The number of aromatic amines is 1. The summed E-state index contributed by atoms with van der Waals surface area (Å²) in [6.45, 7) is 0. The van der Waals surface area contributed by atoms with Crippen molar-refractivity contribution in [2.45, 2.75) is 0 Å². The van der Waals surface area contributed by atoms with E-state index in [1.54, 1.807) is 55.6 Å². The maximum atomic E-state index is 13.4. The molecule has 206 valence electrons. The Morgan fingerprint density at radius 3 is 2.44 bits per heavy atom. The standard InChI is InChI=1S/C30H19Br3ClN3O4/c1-40-20-10-11-25-22(14-20)26(21-4-2-3-5-24(21)34)27(36-25)29(38)37-35-15-17-12-19(32)13-23(33)28(17)41-30(39)16-6-8-18(31)9-7-16/h2-15,36H,1H3,(H,37,38). The number of benzene rings is 4. The van der Waals surface area contributed by atoms with Crippen LogP contribution in [0.5, 0.6) is 11.5 Å². The van der Waals surface area contributed by atoms with Crippen LogP contribution in [0, 0.1) is 0 Å². The minimum absolute atomic E-state index is 0.244. The molecule has 0 aliphatic heterocycles.